The number of nitrogens with zero attached hydrogens (tertiary/aromatic N) is 1. The number of esters is 1. The summed E-state index contributed by atoms with van der Waals surface area (Å²) in [4.78, 5) is 41.2. The van der Waals surface area contributed by atoms with Crippen molar-refractivity contribution >= 4 is 29.4 Å². The average Bonchev–Trinajstić information content (AvgIpc) is 2.91. The van der Waals surface area contributed by atoms with Crippen LogP contribution in [-0.4, -0.2) is 42.0 Å². The number of hydrogen-bond donors (Lipinski definition) is 2. The van der Waals surface area contributed by atoms with Crippen LogP contribution in [0.5, 0.6) is 11.6 Å². The predicted octanol–water partition coefficient (Wildman–Crippen LogP) is 5.06. The number of benzene rings is 2. The van der Waals surface area contributed by atoms with Gasteiger partial charge in [-0.3, -0.25) is 9.59 Å². The standard InChI is InChI=1S/C27H24ClF2N3O5/c1-37-27(36)21-11-2-15(12-23(21)28)24(34)32-18-5-7-19(8-6-18)33-25(35)22-13-17(30)14-31-26(22)38-20-9-3-16(29)4-10-20/h2-4,9-14,18-19H,5-8H2,1H3,(H,32,34)(H,33,35). The zero-order valence-corrected chi connectivity index (χ0v) is 21.1. The molecule has 1 aliphatic rings. The van der Waals surface area contributed by atoms with E-state index < -0.39 is 23.5 Å². The second-order valence-corrected chi connectivity index (χ2v) is 9.15. The molecule has 0 saturated heterocycles. The highest BCUT2D eigenvalue weighted by molar-refractivity contribution is 6.34. The van der Waals surface area contributed by atoms with E-state index >= 15 is 0 Å². The van der Waals surface area contributed by atoms with Gasteiger partial charge in [0.05, 0.1) is 23.9 Å². The number of hydrogen-bond acceptors (Lipinski definition) is 6. The Morgan fingerprint density at radius 1 is 0.868 bits per heavy atom. The minimum Gasteiger partial charge on any atom is -0.465 e. The quantitative estimate of drug-likeness (QED) is 0.403. The van der Waals surface area contributed by atoms with Crippen molar-refractivity contribution in [2.24, 2.45) is 0 Å². The molecular weight excluding hydrogens is 520 g/mol. The minimum absolute atomic E-state index is 0.0861. The van der Waals surface area contributed by atoms with Crippen LogP contribution in [0.15, 0.2) is 54.7 Å². The van der Waals surface area contributed by atoms with Crippen molar-refractivity contribution in [3.8, 4) is 11.6 Å². The first-order valence-electron chi connectivity index (χ1n) is 11.8. The Hall–Kier alpha value is -4.05. The Morgan fingerprint density at radius 2 is 1.50 bits per heavy atom. The van der Waals surface area contributed by atoms with E-state index in [4.69, 9.17) is 16.3 Å². The van der Waals surface area contributed by atoms with E-state index in [9.17, 15) is 23.2 Å². The molecule has 8 nitrogen and oxygen atoms in total. The smallest absolute Gasteiger partial charge is 0.339 e. The van der Waals surface area contributed by atoms with E-state index in [1.54, 1.807) is 0 Å². The highest BCUT2D eigenvalue weighted by atomic mass is 35.5. The molecule has 2 aromatic carbocycles. The molecule has 1 saturated carbocycles. The van der Waals surface area contributed by atoms with Crippen molar-refractivity contribution in [1.29, 1.82) is 0 Å². The van der Waals surface area contributed by atoms with Crippen LogP contribution in [-0.2, 0) is 4.74 Å². The van der Waals surface area contributed by atoms with E-state index in [2.05, 4.69) is 20.4 Å². The molecule has 1 heterocycles. The topological polar surface area (TPSA) is 107 Å². The molecule has 2 amide bonds. The number of carbonyl (C=O) groups excluding carboxylic acids is 3. The van der Waals surface area contributed by atoms with Gasteiger partial charge in [-0.1, -0.05) is 11.6 Å². The molecule has 0 atom stereocenters. The predicted molar refractivity (Wildman–Crippen MR) is 134 cm³/mol. The number of pyridine rings is 1. The molecule has 0 spiro atoms. The largest absolute Gasteiger partial charge is 0.465 e. The van der Waals surface area contributed by atoms with E-state index in [1.165, 1.54) is 49.6 Å². The molecule has 0 unspecified atom stereocenters. The number of amides is 2. The second kappa shape index (κ2) is 12.0. The number of aromatic nitrogens is 1. The molecule has 2 N–H and O–H groups in total. The molecule has 38 heavy (non-hydrogen) atoms. The fraction of sp³-hybridized carbons (Fsp3) is 0.259. The van der Waals surface area contributed by atoms with Gasteiger partial charge in [0.2, 0.25) is 5.88 Å². The zero-order valence-electron chi connectivity index (χ0n) is 20.3. The van der Waals surface area contributed by atoms with Crippen LogP contribution in [0.3, 0.4) is 0 Å². The highest BCUT2D eigenvalue weighted by Crippen LogP contribution is 2.26. The van der Waals surface area contributed by atoms with Gasteiger partial charge in [-0.15, -0.1) is 0 Å². The normalized spacial score (nSPS) is 16.8. The van der Waals surface area contributed by atoms with Crippen LogP contribution < -0.4 is 15.4 Å². The molecule has 0 radical (unpaired) electrons. The van der Waals surface area contributed by atoms with E-state index in [0.29, 0.717) is 31.2 Å². The second-order valence-electron chi connectivity index (χ2n) is 8.74. The number of ether oxygens (including phenoxy) is 2. The Bertz CT molecular complexity index is 1350. The summed E-state index contributed by atoms with van der Waals surface area (Å²) in [7, 11) is 1.24. The molecule has 3 aromatic rings. The molecule has 0 aliphatic heterocycles. The Morgan fingerprint density at radius 3 is 2.11 bits per heavy atom. The minimum atomic E-state index is -0.701. The number of rotatable bonds is 7. The fourth-order valence-corrected chi connectivity index (χ4v) is 4.39. The van der Waals surface area contributed by atoms with Crippen molar-refractivity contribution in [1.82, 2.24) is 15.6 Å². The molecule has 1 fully saturated rings. The van der Waals surface area contributed by atoms with Crippen molar-refractivity contribution in [3.63, 3.8) is 0 Å². The molecular formula is C27H24ClF2N3O5. The maximum absolute atomic E-state index is 13.9. The zero-order chi connectivity index (χ0) is 27.2. The lowest BCUT2D eigenvalue weighted by Crippen LogP contribution is -2.43. The Kier molecular flexibility index (Phi) is 8.52. The first kappa shape index (κ1) is 27.0. The van der Waals surface area contributed by atoms with Crippen LogP contribution in [0.2, 0.25) is 5.02 Å². The maximum Gasteiger partial charge on any atom is 0.339 e. The summed E-state index contributed by atoms with van der Waals surface area (Å²) >= 11 is 6.11. The van der Waals surface area contributed by atoms with Crippen molar-refractivity contribution in [2.45, 2.75) is 37.8 Å². The van der Waals surface area contributed by atoms with Crippen LogP contribution in [0.1, 0.15) is 56.8 Å². The van der Waals surface area contributed by atoms with Gasteiger partial charge in [-0.2, -0.15) is 0 Å². The molecule has 11 heteroatoms. The van der Waals surface area contributed by atoms with Gasteiger partial charge in [-0.05, 0) is 74.2 Å². The van der Waals surface area contributed by atoms with Gasteiger partial charge in [0, 0.05) is 17.6 Å². The lowest BCUT2D eigenvalue weighted by atomic mass is 9.90. The highest BCUT2D eigenvalue weighted by Gasteiger charge is 2.26. The summed E-state index contributed by atoms with van der Waals surface area (Å²) in [6.45, 7) is 0. The monoisotopic (exact) mass is 543 g/mol. The first-order chi connectivity index (χ1) is 18.2. The van der Waals surface area contributed by atoms with Gasteiger partial charge < -0.3 is 20.1 Å². The third kappa shape index (κ3) is 6.63. The van der Waals surface area contributed by atoms with Gasteiger partial charge >= 0.3 is 5.97 Å². The summed E-state index contributed by atoms with van der Waals surface area (Å²) in [5.74, 6) is -2.48. The molecule has 198 valence electrons. The van der Waals surface area contributed by atoms with Crippen molar-refractivity contribution < 1.29 is 32.6 Å². The summed E-state index contributed by atoms with van der Waals surface area (Å²) in [6, 6.07) is 10.2. The van der Waals surface area contributed by atoms with E-state index in [-0.39, 0.29) is 45.8 Å². The molecule has 0 bridgehead atoms. The summed E-state index contributed by atoms with van der Waals surface area (Å²) < 4.78 is 37.3. The summed E-state index contributed by atoms with van der Waals surface area (Å²) in [5.41, 5.74) is 0.393. The number of methoxy groups -OCH3 is 1. The van der Waals surface area contributed by atoms with Gasteiger partial charge in [-0.25, -0.2) is 18.6 Å². The van der Waals surface area contributed by atoms with Gasteiger partial charge in [0.25, 0.3) is 11.8 Å². The average molecular weight is 544 g/mol. The number of halogens is 3. The van der Waals surface area contributed by atoms with Crippen LogP contribution >= 0.6 is 11.6 Å². The maximum atomic E-state index is 13.9. The fourth-order valence-electron chi connectivity index (χ4n) is 4.13. The lowest BCUT2D eigenvalue weighted by molar-refractivity contribution is 0.0600. The SMILES string of the molecule is COC(=O)c1ccc(C(=O)NC2CCC(NC(=O)c3cc(F)cnc3Oc3ccc(F)cc3)CC2)cc1Cl. The van der Waals surface area contributed by atoms with Crippen LogP contribution in [0, 0.1) is 11.6 Å². The van der Waals surface area contributed by atoms with Crippen molar-refractivity contribution in [2.75, 3.05) is 7.11 Å². The lowest BCUT2D eigenvalue weighted by Gasteiger charge is -2.29. The summed E-state index contributed by atoms with van der Waals surface area (Å²) in [6.07, 6.45) is 3.29. The van der Waals surface area contributed by atoms with Crippen LogP contribution in [0.4, 0.5) is 8.78 Å². The third-order valence-electron chi connectivity index (χ3n) is 6.12. The third-order valence-corrected chi connectivity index (χ3v) is 6.44. The molecule has 1 aromatic heterocycles. The molecule has 4 rings (SSSR count). The number of carbonyl (C=O) groups is 3. The molecule has 1 aliphatic carbocycles. The van der Waals surface area contributed by atoms with Crippen LogP contribution in [0.25, 0.3) is 0 Å². The van der Waals surface area contributed by atoms with Crippen molar-refractivity contribution in [3.05, 3.63) is 88.1 Å². The summed E-state index contributed by atoms with van der Waals surface area (Å²) in [5, 5.41) is 5.94. The first-order valence-corrected chi connectivity index (χ1v) is 12.2. The number of nitrogens with one attached hydrogen (secondary N) is 2. The van der Waals surface area contributed by atoms with Gasteiger partial charge in [0.15, 0.2) is 0 Å². The Balaban J connectivity index is 1.33. The van der Waals surface area contributed by atoms with E-state index in [0.717, 1.165) is 12.3 Å². The van der Waals surface area contributed by atoms with Gasteiger partial charge in [0.1, 0.15) is 22.9 Å². The Labute approximate surface area is 222 Å². The van der Waals surface area contributed by atoms with E-state index in [1.807, 2.05) is 0 Å².